The fourth-order valence-electron chi connectivity index (χ4n) is 1.16. The van der Waals surface area contributed by atoms with E-state index >= 15 is 0 Å². The van der Waals surface area contributed by atoms with Crippen LogP contribution in [0.2, 0.25) is 0 Å². The molecule has 0 saturated heterocycles. The van der Waals surface area contributed by atoms with Crippen molar-refractivity contribution in [2.24, 2.45) is 5.92 Å². The van der Waals surface area contributed by atoms with Crippen molar-refractivity contribution in [3.63, 3.8) is 0 Å². The quantitative estimate of drug-likeness (QED) is 0.565. The van der Waals surface area contributed by atoms with Crippen LogP contribution in [0, 0.1) is 5.92 Å². The van der Waals surface area contributed by atoms with E-state index in [1.807, 2.05) is 0 Å². The lowest BCUT2D eigenvalue weighted by Gasteiger charge is -2.25. The zero-order valence-corrected chi connectivity index (χ0v) is 8.44. The summed E-state index contributed by atoms with van der Waals surface area (Å²) in [5, 5.41) is 25.6. The maximum absolute atomic E-state index is 12.3. The molecular formula is C8H14F3NO4. The van der Waals surface area contributed by atoms with E-state index in [2.05, 4.69) is 0 Å². The molecule has 8 heteroatoms. The van der Waals surface area contributed by atoms with Gasteiger partial charge in [0.2, 0.25) is 0 Å². The Bertz CT molecular complexity index is 216. The van der Waals surface area contributed by atoms with Crippen LogP contribution in [0.4, 0.5) is 13.2 Å². The van der Waals surface area contributed by atoms with Crippen LogP contribution >= 0.6 is 0 Å². The maximum Gasteiger partial charge on any atom is 0.403 e. The molecule has 0 amide bonds. The van der Waals surface area contributed by atoms with E-state index in [4.69, 9.17) is 15.3 Å². The van der Waals surface area contributed by atoms with E-state index in [1.165, 1.54) is 0 Å². The first kappa shape index (κ1) is 15.1. The van der Waals surface area contributed by atoms with E-state index in [0.29, 0.717) is 0 Å². The summed E-state index contributed by atoms with van der Waals surface area (Å²) in [6.07, 6.45) is -4.84. The number of carboxylic acid groups (broad SMARTS) is 1. The third kappa shape index (κ3) is 5.29. The Labute approximate surface area is 90.1 Å². The molecule has 0 bridgehead atoms. The molecule has 0 saturated carbocycles. The lowest BCUT2D eigenvalue weighted by molar-refractivity contribution is -0.196. The molecule has 1 atom stereocenters. The van der Waals surface area contributed by atoms with Crippen LogP contribution in [-0.4, -0.2) is 65.2 Å². The van der Waals surface area contributed by atoms with Crippen LogP contribution in [0.25, 0.3) is 0 Å². The molecule has 0 fully saturated rings. The molecule has 0 radical (unpaired) electrons. The summed E-state index contributed by atoms with van der Waals surface area (Å²) in [4.78, 5) is 11.5. The number of hydrogen-bond donors (Lipinski definition) is 3. The number of carboxylic acids is 1. The van der Waals surface area contributed by atoms with Gasteiger partial charge in [-0.3, -0.25) is 9.69 Å². The summed E-state index contributed by atoms with van der Waals surface area (Å²) in [7, 11) is 0. The van der Waals surface area contributed by atoms with Crippen molar-refractivity contribution in [2.75, 3.05) is 32.8 Å². The number of rotatable bonds is 7. The number of halogens is 3. The van der Waals surface area contributed by atoms with Gasteiger partial charge in [-0.15, -0.1) is 0 Å². The Morgan fingerprint density at radius 3 is 1.88 bits per heavy atom. The maximum atomic E-state index is 12.3. The zero-order chi connectivity index (χ0) is 12.8. The summed E-state index contributed by atoms with van der Waals surface area (Å²) in [5.41, 5.74) is 0. The Hall–Kier alpha value is -0.860. The zero-order valence-electron chi connectivity index (χ0n) is 8.44. The van der Waals surface area contributed by atoms with Crippen molar-refractivity contribution in [1.29, 1.82) is 0 Å². The standard InChI is InChI=1S/C8H14F3NO4/c9-8(10,11)6(7(15)16)5-12(1-3-13)2-4-14/h6,13-14H,1-5H2,(H,15,16). The molecule has 0 heterocycles. The second kappa shape index (κ2) is 6.66. The number of hydrogen-bond acceptors (Lipinski definition) is 4. The molecule has 1 unspecified atom stereocenters. The highest BCUT2D eigenvalue weighted by atomic mass is 19.4. The first-order valence-corrected chi connectivity index (χ1v) is 4.56. The van der Waals surface area contributed by atoms with Crippen molar-refractivity contribution in [3.05, 3.63) is 0 Å². The van der Waals surface area contributed by atoms with Crippen molar-refractivity contribution in [3.8, 4) is 0 Å². The lowest BCUT2D eigenvalue weighted by Crippen LogP contribution is -2.43. The van der Waals surface area contributed by atoms with Gasteiger partial charge in [-0.1, -0.05) is 0 Å². The highest BCUT2D eigenvalue weighted by molar-refractivity contribution is 5.71. The van der Waals surface area contributed by atoms with Gasteiger partial charge in [-0.05, 0) is 0 Å². The number of carbonyl (C=O) groups is 1. The van der Waals surface area contributed by atoms with E-state index in [9.17, 15) is 18.0 Å². The number of alkyl halides is 3. The van der Waals surface area contributed by atoms with Gasteiger partial charge < -0.3 is 15.3 Å². The van der Waals surface area contributed by atoms with Crippen molar-refractivity contribution < 1.29 is 33.3 Å². The third-order valence-corrected chi connectivity index (χ3v) is 1.97. The molecule has 16 heavy (non-hydrogen) atoms. The van der Waals surface area contributed by atoms with Crippen LogP contribution in [0.5, 0.6) is 0 Å². The average molecular weight is 245 g/mol. The molecule has 0 aliphatic heterocycles. The van der Waals surface area contributed by atoms with Gasteiger partial charge in [0.1, 0.15) is 0 Å². The Balaban J connectivity index is 4.51. The van der Waals surface area contributed by atoms with Gasteiger partial charge in [0.15, 0.2) is 5.92 Å². The van der Waals surface area contributed by atoms with Crippen LogP contribution in [0.3, 0.4) is 0 Å². The molecule has 0 spiro atoms. The van der Waals surface area contributed by atoms with Gasteiger partial charge in [0.25, 0.3) is 0 Å². The first-order chi connectivity index (χ1) is 7.32. The largest absolute Gasteiger partial charge is 0.481 e. The number of aliphatic carboxylic acids is 1. The third-order valence-electron chi connectivity index (χ3n) is 1.97. The van der Waals surface area contributed by atoms with Crippen LogP contribution in [0.1, 0.15) is 0 Å². The smallest absolute Gasteiger partial charge is 0.403 e. The van der Waals surface area contributed by atoms with Gasteiger partial charge in [0, 0.05) is 19.6 Å². The van der Waals surface area contributed by atoms with Crippen molar-refractivity contribution >= 4 is 5.97 Å². The van der Waals surface area contributed by atoms with E-state index in [0.717, 1.165) is 4.90 Å². The van der Waals surface area contributed by atoms with Gasteiger partial charge in [-0.25, -0.2) is 0 Å². The molecule has 0 aromatic rings. The lowest BCUT2D eigenvalue weighted by atomic mass is 10.1. The molecule has 0 aliphatic carbocycles. The summed E-state index contributed by atoms with van der Waals surface area (Å²) in [6.45, 7) is -1.80. The summed E-state index contributed by atoms with van der Waals surface area (Å²) in [5.74, 6) is -4.47. The number of aliphatic hydroxyl groups is 2. The van der Waals surface area contributed by atoms with Crippen LogP contribution in [-0.2, 0) is 4.79 Å². The van der Waals surface area contributed by atoms with Crippen LogP contribution < -0.4 is 0 Å². The Morgan fingerprint density at radius 1 is 1.19 bits per heavy atom. The first-order valence-electron chi connectivity index (χ1n) is 4.56. The number of aliphatic hydroxyl groups excluding tert-OH is 2. The molecular weight excluding hydrogens is 231 g/mol. The summed E-state index contributed by atoms with van der Waals surface area (Å²) in [6, 6.07) is 0. The predicted octanol–water partition coefficient (Wildman–Crippen LogP) is -0.464. The molecule has 0 aromatic carbocycles. The minimum atomic E-state index is -4.84. The topological polar surface area (TPSA) is 81.0 Å². The molecule has 96 valence electrons. The predicted molar refractivity (Wildman–Crippen MR) is 47.8 cm³/mol. The fraction of sp³-hybridized carbons (Fsp3) is 0.875. The summed E-state index contributed by atoms with van der Waals surface area (Å²) >= 11 is 0. The average Bonchev–Trinajstić information content (AvgIpc) is 2.12. The minimum Gasteiger partial charge on any atom is -0.481 e. The monoisotopic (exact) mass is 245 g/mol. The SMILES string of the molecule is O=C(O)C(CN(CCO)CCO)C(F)(F)F. The highest BCUT2D eigenvalue weighted by Crippen LogP contribution is 2.27. The fourth-order valence-corrected chi connectivity index (χ4v) is 1.16. The van der Waals surface area contributed by atoms with Crippen molar-refractivity contribution in [1.82, 2.24) is 4.90 Å². The van der Waals surface area contributed by atoms with Crippen LogP contribution in [0.15, 0.2) is 0 Å². The van der Waals surface area contributed by atoms with E-state index < -0.39 is 37.8 Å². The summed E-state index contributed by atoms with van der Waals surface area (Å²) < 4.78 is 36.8. The molecule has 0 aromatic heterocycles. The molecule has 3 N–H and O–H groups in total. The minimum absolute atomic E-state index is 0.111. The second-order valence-electron chi connectivity index (χ2n) is 3.18. The van der Waals surface area contributed by atoms with E-state index in [1.54, 1.807) is 0 Å². The van der Waals surface area contributed by atoms with Crippen molar-refractivity contribution in [2.45, 2.75) is 6.18 Å². The van der Waals surface area contributed by atoms with E-state index in [-0.39, 0.29) is 13.1 Å². The highest BCUT2D eigenvalue weighted by Gasteiger charge is 2.45. The Morgan fingerprint density at radius 2 is 1.62 bits per heavy atom. The van der Waals surface area contributed by atoms with Gasteiger partial charge in [0.05, 0.1) is 13.2 Å². The molecule has 0 rings (SSSR count). The Kier molecular flexibility index (Phi) is 6.31. The van der Waals surface area contributed by atoms with Gasteiger partial charge >= 0.3 is 12.1 Å². The normalized spacial score (nSPS) is 14.1. The second-order valence-corrected chi connectivity index (χ2v) is 3.18. The molecule has 0 aliphatic rings. The van der Waals surface area contributed by atoms with Gasteiger partial charge in [-0.2, -0.15) is 13.2 Å². The number of nitrogens with zero attached hydrogens (tertiary/aromatic N) is 1. The molecule has 5 nitrogen and oxygen atoms in total.